The minimum absolute atomic E-state index is 0.00222. The van der Waals surface area contributed by atoms with E-state index >= 15 is 0 Å². The van der Waals surface area contributed by atoms with E-state index in [4.69, 9.17) is 23.2 Å². The topological polar surface area (TPSA) is 159 Å². The number of fused-ring (bicyclic) bond motifs is 1. The molecule has 0 bridgehead atoms. The third-order valence-electron chi connectivity index (χ3n) is 5.07. The van der Waals surface area contributed by atoms with Crippen molar-refractivity contribution >= 4 is 63.8 Å². The third-order valence-corrected chi connectivity index (χ3v) is 5.50. The van der Waals surface area contributed by atoms with E-state index in [2.05, 4.69) is 25.9 Å². The summed E-state index contributed by atoms with van der Waals surface area (Å²) in [5.41, 5.74) is 0.181. The highest BCUT2D eigenvalue weighted by molar-refractivity contribution is 6.35. The van der Waals surface area contributed by atoms with E-state index in [0.29, 0.717) is 21.3 Å². The van der Waals surface area contributed by atoms with Crippen LogP contribution in [0, 0.1) is 17.0 Å². The molecule has 13 heteroatoms. The fourth-order valence-corrected chi connectivity index (χ4v) is 4.06. The third kappa shape index (κ3) is 4.85. The molecule has 0 fully saturated rings. The number of amides is 2. The molecular weight excluding hydrogens is 487 g/mol. The molecule has 0 saturated heterocycles. The molecule has 3 aromatic rings. The summed E-state index contributed by atoms with van der Waals surface area (Å²) >= 11 is 12.0. The van der Waals surface area contributed by atoms with Crippen LogP contribution in [0.3, 0.4) is 0 Å². The summed E-state index contributed by atoms with van der Waals surface area (Å²) in [5.74, 6) is -2.43. The molecule has 0 spiro atoms. The summed E-state index contributed by atoms with van der Waals surface area (Å²) < 4.78 is 0. The van der Waals surface area contributed by atoms with E-state index in [9.17, 15) is 24.5 Å². The Morgan fingerprint density at radius 1 is 1.15 bits per heavy atom. The van der Waals surface area contributed by atoms with Gasteiger partial charge >= 0.3 is 0 Å². The Balaban J connectivity index is 1.64. The molecule has 11 nitrogen and oxygen atoms in total. The highest BCUT2D eigenvalue weighted by atomic mass is 35.5. The number of carbonyl (C=O) groups excluding carboxylic acids is 2. The van der Waals surface area contributed by atoms with Crippen LogP contribution < -0.4 is 21.5 Å². The van der Waals surface area contributed by atoms with Crippen LogP contribution in [0.15, 0.2) is 41.2 Å². The van der Waals surface area contributed by atoms with Crippen LogP contribution in [0.2, 0.25) is 10.0 Å². The SMILES string of the molecule is Cc1ccc(NC(=O)[C@@H]2CC(=O)Nc3nc(Nc4cc(Cl)cc(Cl)c4)[nH]c(=O)c32)cc1[N+](=O)[O-]. The number of hydrogen-bond donors (Lipinski definition) is 4. The number of aromatic nitrogens is 2. The van der Waals surface area contributed by atoms with Crippen molar-refractivity contribution in [1.82, 2.24) is 9.97 Å². The number of nitro groups is 1. The summed E-state index contributed by atoms with van der Waals surface area (Å²) in [6, 6.07) is 8.84. The smallest absolute Gasteiger partial charge is 0.274 e. The fourth-order valence-electron chi connectivity index (χ4n) is 3.53. The molecule has 4 N–H and O–H groups in total. The molecule has 2 amide bonds. The number of hydrogen-bond acceptors (Lipinski definition) is 7. The van der Waals surface area contributed by atoms with Gasteiger partial charge in [-0.1, -0.05) is 29.3 Å². The van der Waals surface area contributed by atoms with E-state index in [1.165, 1.54) is 24.3 Å². The van der Waals surface area contributed by atoms with Crippen LogP contribution in [0.5, 0.6) is 0 Å². The molecule has 174 valence electrons. The van der Waals surface area contributed by atoms with Gasteiger partial charge in [0.25, 0.3) is 11.2 Å². The van der Waals surface area contributed by atoms with E-state index in [1.807, 2.05) is 0 Å². The quantitative estimate of drug-likeness (QED) is 0.301. The zero-order valence-corrected chi connectivity index (χ0v) is 19.0. The fraction of sp³-hybridized carbons (Fsp3) is 0.143. The zero-order valence-electron chi connectivity index (χ0n) is 17.4. The minimum Gasteiger partial charge on any atom is -0.326 e. The number of aromatic amines is 1. The molecular formula is C21H16Cl2N6O5. The molecule has 1 aromatic heterocycles. The largest absolute Gasteiger partial charge is 0.326 e. The maximum absolute atomic E-state index is 13.0. The number of nitrogens with zero attached hydrogens (tertiary/aromatic N) is 2. The predicted molar refractivity (Wildman–Crippen MR) is 127 cm³/mol. The van der Waals surface area contributed by atoms with Gasteiger partial charge in [-0.15, -0.1) is 0 Å². The van der Waals surface area contributed by atoms with Gasteiger partial charge in [-0.3, -0.25) is 29.5 Å². The van der Waals surface area contributed by atoms with Gasteiger partial charge < -0.3 is 16.0 Å². The van der Waals surface area contributed by atoms with Gasteiger partial charge in [-0.25, -0.2) is 0 Å². The number of nitrogens with one attached hydrogen (secondary N) is 4. The Bertz CT molecular complexity index is 1390. The van der Waals surface area contributed by atoms with Crippen molar-refractivity contribution in [1.29, 1.82) is 0 Å². The molecule has 4 rings (SSSR count). The number of halogens is 2. The van der Waals surface area contributed by atoms with Crippen molar-refractivity contribution < 1.29 is 14.5 Å². The first kappa shape index (κ1) is 23.2. The van der Waals surface area contributed by atoms with Crippen LogP contribution in [0.4, 0.5) is 28.8 Å². The number of rotatable bonds is 5. The van der Waals surface area contributed by atoms with Crippen molar-refractivity contribution in [2.75, 3.05) is 16.0 Å². The van der Waals surface area contributed by atoms with Gasteiger partial charge in [0.15, 0.2) is 0 Å². The van der Waals surface area contributed by atoms with E-state index < -0.39 is 28.2 Å². The number of anilines is 4. The Morgan fingerprint density at radius 3 is 2.53 bits per heavy atom. The number of benzene rings is 2. The molecule has 2 heterocycles. The van der Waals surface area contributed by atoms with Crippen molar-refractivity contribution in [3.63, 3.8) is 0 Å². The summed E-state index contributed by atoms with van der Waals surface area (Å²) in [5, 5.41) is 19.8. The number of aryl methyl sites for hydroxylation is 1. The molecule has 1 aliphatic rings. The molecule has 0 unspecified atom stereocenters. The van der Waals surface area contributed by atoms with E-state index in [-0.39, 0.29) is 35.1 Å². The molecule has 34 heavy (non-hydrogen) atoms. The lowest BCUT2D eigenvalue weighted by Gasteiger charge is -2.23. The lowest BCUT2D eigenvalue weighted by molar-refractivity contribution is -0.385. The average Bonchev–Trinajstić information content (AvgIpc) is 2.73. The summed E-state index contributed by atoms with van der Waals surface area (Å²) in [6.07, 6.45) is -0.297. The van der Waals surface area contributed by atoms with Gasteiger partial charge in [-0.05, 0) is 31.2 Å². The monoisotopic (exact) mass is 502 g/mol. The maximum Gasteiger partial charge on any atom is 0.274 e. The Hall–Kier alpha value is -3.96. The first-order valence-electron chi connectivity index (χ1n) is 9.84. The van der Waals surface area contributed by atoms with Crippen LogP contribution in [-0.2, 0) is 9.59 Å². The van der Waals surface area contributed by atoms with E-state index in [1.54, 1.807) is 19.1 Å². The molecule has 0 aliphatic carbocycles. The first-order valence-corrected chi connectivity index (χ1v) is 10.6. The van der Waals surface area contributed by atoms with E-state index in [0.717, 1.165) is 0 Å². The van der Waals surface area contributed by atoms with Gasteiger partial charge in [-0.2, -0.15) is 4.98 Å². The molecule has 1 atom stereocenters. The standard InChI is InChI=1S/C21H16Cl2N6O5/c1-9-2-3-12(7-15(9)29(33)34)24-19(31)14-8-16(30)26-18-17(14)20(32)28-21(27-18)25-13-5-10(22)4-11(23)6-13/h2-7,14H,8H2,1H3,(H,24,31)(H3,25,26,27,28,30,32)/t14-/m1/s1. The van der Waals surface area contributed by atoms with Crippen LogP contribution >= 0.6 is 23.2 Å². The van der Waals surface area contributed by atoms with Crippen molar-refractivity contribution in [2.24, 2.45) is 0 Å². The molecule has 0 radical (unpaired) electrons. The minimum atomic E-state index is -1.16. The molecule has 0 saturated carbocycles. The van der Waals surface area contributed by atoms with Crippen LogP contribution in [0.1, 0.15) is 23.5 Å². The number of carbonyl (C=O) groups is 2. The summed E-state index contributed by atoms with van der Waals surface area (Å²) in [6.45, 7) is 1.57. The van der Waals surface area contributed by atoms with Gasteiger partial charge in [0.1, 0.15) is 5.82 Å². The predicted octanol–water partition coefficient (Wildman–Crippen LogP) is 4.10. The first-order chi connectivity index (χ1) is 16.1. The lowest BCUT2D eigenvalue weighted by atomic mass is 9.92. The van der Waals surface area contributed by atoms with Crippen molar-refractivity contribution in [3.8, 4) is 0 Å². The lowest BCUT2D eigenvalue weighted by Crippen LogP contribution is -2.36. The zero-order chi connectivity index (χ0) is 24.6. The number of nitro benzene ring substituents is 1. The Labute approximate surface area is 201 Å². The average molecular weight is 503 g/mol. The Kier molecular flexibility index (Phi) is 6.22. The number of H-pyrrole nitrogens is 1. The second kappa shape index (κ2) is 9.12. The normalized spacial score (nSPS) is 14.7. The van der Waals surface area contributed by atoms with Crippen LogP contribution in [0.25, 0.3) is 0 Å². The summed E-state index contributed by atoms with van der Waals surface area (Å²) in [4.78, 5) is 55.4. The summed E-state index contributed by atoms with van der Waals surface area (Å²) in [7, 11) is 0. The Morgan fingerprint density at radius 2 is 1.85 bits per heavy atom. The van der Waals surface area contributed by atoms with Gasteiger partial charge in [0, 0.05) is 39.5 Å². The second-order valence-corrected chi connectivity index (χ2v) is 8.39. The van der Waals surface area contributed by atoms with Crippen molar-refractivity contribution in [3.05, 3.63) is 78.0 Å². The van der Waals surface area contributed by atoms with Crippen molar-refractivity contribution in [2.45, 2.75) is 19.3 Å². The van der Waals surface area contributed by atoms with Crippen LogP contribution in [-0.4, -0.2) is 26.7 Å². The van der Waals surface area contributed by atoms with Gasteiger partial charge in [0.2, 0.25) is 17.8 Å². The van der Waals surface area contributed by atoms with Gasteiger partial charge in [0.05, 0.1) is 16.4 Å². The maximum atomic E-state index is 13.0. The highest BCUT2D eigenvalue weighted by Gasteiger charge is 2.35. The second-order valence-electron chi connectivity index (χ2n) is 7.51. The highest BCUT2D eigenvalue weighted by Crippen LogP contribution is 2.31. The molecule has 1 aliphatic heterocycles. The molecule has 2 aromatic carbocycles.